The number of aliphatic hydroxyl groups excluding tert-OH is 2. The first-order valence-corrected chi connectivity index (χ1v) is 16.0. The summed E-state index contributed by atoms with van der Waals surface area (Å²) >= 11 is 0. The predicted octanol–water partition coefficient (Wildman–Crippen LogP) is 5.81. The molecule has 2 N–H and O–H groups in total. The minimum absolute atomic E-state index is 0.245. The van der Waals surface area contributed by atoms with Gasteiger partial charge in [-0.25, -0.2) is 4.79 Å². The number of rotatable bonds is 14. The van der Waals surface area contributed by atoms with Crippen molar-refractivity contribution in [3.63, 3.8) is 0 Å². The van der Waals surface area contributed by atoms with Crippen LogP contribution in [0.2, 0.25) is 16.6 Å². The van der Waals surface area contributed by atoms with Gasteiger partial charge in [-0.15, -0.1) is 0 Å². The monoisotopic (exact) mass is 562 g/mol. The zero-order chi connectivity index (χ0) is 28.9. The summed E-state index contributed by atoms with van der Waals surface area (Å²) in [5.41, 5.74) is 2.25. The second-order valence-electron chi connectivity index (χ2n) is 11.4. The van der Waals surface area contributed by atoms with Gasteiger partial charge in [0.05, 0.1) is 39.0 Å². The van der Waals surface area contributed by atoms with Crippen molar-refractivity contribution in [2.45, 2.75) is 95.9 Å². The summed E-state index contributed by atoms with van der Waals surface area (Å²) in [5.74, 6) is 0.312. The molecule has 3 rings (SSSR count). The second-order valence-corrected chi connectivity index (χ2v) is 16.8. The summed E-state index contributed by atoms with van der Waals surface area (Å²) in [5, 5.41) is 21.2. The molecule has 0 saturated heterocycles. The maximum absolute atomic E-state index is 12.7. The summed E-state index contributed by atoms with van der Waals surface area (Å²) in [4.78, 5) is 12.7. The highest BCUT2D eigenvalue weighted by Crippen LogP contribution is 2.53. The maximum atomic E-state index is 12.7. The molecule has 0 amide bonds. The normalized spacial score (nSPS) is 21.5. The topological polar surface area (TPSA) is 108 Å². The van der Waals surface area contributed by atoms with Crippen LogP contribution < -0.4 is 4.74 Å². The molecule has 1 saturated carbocycles. The lowest BCUT2D eigenvalue weighted by atomic mass is 9.65. The minimum atomic E-state index is -2.36. The molecule has 0 spiro atoms. The van der Waals surface area contributed by atoms with Crippen molar-refractivity contribution in [1.82, 2.24) is 0 Å². The van der Waals surface area contributed by atoms with Crippen LogP contribution in [0.1, 0.15) is 81.3 Å². The van der Waals surface area contributed by atoms with E-state index in [1.54, 1.807) is 7.11 Å². The van der Waals surface area contributed by atoms with E-state index in [0.29, 0.717) is 42.0 Å². The average molecular weight is 563 g/mol. The Bertz CT molecular complexity index is 1040. The number of ether oxygens (including phenoxy) is 3. The van der Waals surface area contributed by atoms with E-state index in [4.69, 9.17) is 23.1 Å². The van der Waals surface area contributed by atoms with Gasteiger partial charge in [0.25, 0.3) is 0 Å². The Balaban J connectivity index is 1.87. The Morgan fingerprint density at radius 2 is 1.64 bits per heavy atom. The molecule has 1 aromatic heterocycles. The lowest BCUT2D eigenvalue weighted by molar-refractivity contribution is -0.130. The van der Waals surface area contributed by atoms with Crippen molar-refractivity contribution in [2.75, 3.05) is 20.8 Å². The van der Waals surface area contributed by atoms with Crippen LogP contribution in [0.4, 0.5) is 0 Å². The van der Waals surface area contributed by atoms with Crippen molar-refractivity contribution >= 4 is 14.3 Å². The molecule has 1 aliphatic rings. The zero-order valence-electron chi connectivity index (χ0n) is 24.6. The number of carbonyl (C=O) groups is 1. The van der Waals surface area contributed by atoms with Gasteiger partial charge in [0.2, 0.25) is 8.32 Å². The molecule has 1 fully saturated rings. The molecule has 0 aliphatic heterocycles. The van der Waals surface area contributed by atoms with Crippen LogP contribution in [0.5, 0.6) is 5.75 Å². The Labute approximate surface area is 233 Å². The molecule has 2 aromatic rings. The van der Waals surface area contributed by atoms with Crippen LogP contribution in [0, 0.1) is 5.92 Å². The molecule has 8 nitrogen and oxygen atoms in total. The maximum Gasteiger partial charge on any atom is 0.341 e. The summed E-state index contributed by atoms with van der Waals surface area (Å²) in [7, 11) is 0.592. The highest BCUT2D eigenvalue weighted by atomic mass is 28.4. The molecule has 218 valence electrons. The molecule has 0 unspecified atom stereocenters. The predicted molar refractivity (Wildman–Crippen MR) is 151 cm³/mol. The van der Waals surface area contributed by atoms with E-state index in [9.17, 15) is 15.0 Å². The molecular formula is C30H46O8Si. The highest BCUT2D eigenvalue weighted by molar-refractivity contribution is 6.77. The lowest BCUT2D eigenvalue weighted by Crippen LogP contribution is -2.62. The number of furan rings is 1. The molecule has 4 atom stereocenters. The minimum Gasteiger partial charge on any atom is -0.497 e. The van der Waals surface area contributed by atoms with E-state index in [1.807, 2.05) is 24.3 Å². The van der Waals surface area contributed by atoms with Crippen LogP contribution in [-0.4, -0.2) is 57.5 Å². The van der Waals surface area contributed by atoms with Gasteiger partial charge in [0.15, 0.2) is 0 Å². The number of aliphatic hydroxyl groups is 2. The van der Waals surface area contributed by atoms with Crippen LogP contribution in [0.3, 0.4) is 0 Å². The van der Waals surface area contributed by atoms with E-state index in [0.717, 1.165) is 11.3 Å². The van der Waals surface area contributed by atoms with Crippen LogP contribution in [0.15, 0.2) is 34.7 Å². The van der Waals surface area contributed by atoms with E-state index in [1.165, 1.54) is 13.2 Å². The smallest absolute Gasteiger partial charge is 0.341 e. The highest BCUT2D eigenvalue weighted by Gasteiger charge is 2.58. The van der Waals surface area contributed by atoms with Crippen molar-refractivity contribution < 1.29 is 38.1 Å². The number of carbonyl (C=O) groups excluding carboxylic acids is 1. The largest absolute Gasteiger partial charge is 0.497 e. The third-order valence-electron chi connectivity index (χ3n) is 8.34. The van der Waals surface area contributed by atoms with Gasteiger partial charge in [0, 0.05) is 12.5 Å². The summed E-state index contributed by atoms with van der Waals surface area (Å²) in [6, 6.07) is 9.23. The van der Waals surface area contributed by atoms with Crippen LogP contribution in [-0.2, 0) is 27.1 Å². The van der Waals surface area contributed by atoms with Gasteiger partial charge in [-0.1, -0.05) is 53.7 Å². The van der Waals surface area contributed by atoms with Crippen LogP contribution in [0.25, 0.3) is 0 Å². The Morgan fingerprint density at radius 1 is 1.03 bits per heavy atom. The Hall–Kier alpha value is -2.17. The van der Waals surface area contributed by atoms with Crippen molar-refractivity contribution in [3.05, 3.63) is 53.0 Å². The summed E-state index contributed by atoms with van der Waals surface area (Å²) in [6.45, 7) is 13.7. The molecule has 1 heterocycles. The SMILES string of the molecule is COC(=O)c1cc(CO)oc1[C@@H]1[C@@H](CCOCc2ccc(OC)cc2)[C@@H](O)[C@@H]1O[Si](C(C)C)(C(C)C)C(C)C. The second kappa shape index (κ2) is 13.5. The van der Waals surface area contributed by atoms with Gasteiger partial charge < -0.3 is 33.3 Å². The van der Waals surface area contributed by atoms with E-state index in [2.05, 4.69) is 41.5 Å². The first kappa shape index (κ1) is 31.4. The lowest BCUT2D eigenvalue weighted by Gasteiger charge is -2.54. The van der Waals surface area contributed by atoms with Gasteiger partial charge in [0.1, 0.15) is 29.4 Å². The van der Waals surface area contributed by atoms with E-state index in [-0.39, 0.29) is 29.8 Å². The summed E-state index contributed by atoms with van der Waals surface area (Å²) in [6.07, 6.45) is -0.718. The van der Waals surface area contributed by atoms with Gasteiger partial charge in [-0.2, -0.15) is 0 Å². The number of methoxy groups -OCH3 is 2. The van der Waals surface area contributed by atoms with Crippen LogP contribution >= 0.6 is 0 Å². The summed E-state index contributed by atoms with van der Waals surface area (Å²) < 4.78 is 29.2. The van der Waals surface area contributed by atoms with Crippen molar-refractivity contribution in [2.24, 2.45) is 5.92 Å². The third-order valence-corrected chi connectivity index (χ3v) is 14.4. The van der Waals surface area contributed by atoms with Gasteiger partial charge in [-0.3, -0.25) is 0 Å². The van der Waals surface area contributed by atoms with Gasteiger partial charge >= 0.3 is 5.97 Å². The Kier molecular flexibility index (Phi) is 10.8. The first-order valence-electron chi connectivity index (χ1n) is 13.9. The fourth-order valence-corrected chi connectivity index (χ4v) is 12.0. The molecule has 1 aromatic carbocycles. The molecule has 39 heavy (non-hydrogen) atoms. The van der Waals surface area contributed by atoms with E-state index >= 15 is 0 Å². The van der Waals surface area contributed by atoms with Crippen molar-refractivity contribution in [1.29, 1.82) is 0 Å². The van der Waals surface area contributed by atoms with E-state index < -0.39 is 26.5 Å². The fraction of sp³-hybridized carbons (Fsp3) is 0.633. The number of hydrogen-bond donors (Lipinski definition) is 2. The Morgan fingerprint density at radius 3 is 2.15 bits per heavy atom. The average Bonchev–Trinajstić information content (AvgIpc) is 3.34. The number of benzene rings is 1. The molecule has 0 bridgehead atoms. The van der Waals surface area contributed by atoms with Crippen molar-refractivity contribution in [3.8, 4) is 5.75 Å². The molecule has 9 heteroatoms. The number of esters is 1. The zero-order valence-corrected chi connectivity index (χ0v) is 25.6. The molecule has 0 radical (unpaired) electrons. The molecular weight excluding hydrogens is 516 g/mol. The third kappa shape index (κ3) is 6.43. The molecule has 1 aliphatic carbocycles. The fourth-order valence-electron chi connectivity index (χ4n) is 6.43. The standard InChI is InChI=1S/C30H46O8Si/c1-18(2)39(19(3)4,20(5)6)38-29-26(28-25(30(33)35-8)15-23(16-31)37-28)24(27(29)32)13-14-36-17-21-9-11-22(34-7)12-10-21/h9-12,15,18-20,24,26-27,29,31-32H,13-14,16-17H2,1-8H3/t24-,26+,27-,29-/m1/s1. The number of hydrogen-bond acceptors (Lipinski definition) is 8. The first-order chi connectivity index (χ1) is 18.5. The quantitative estimate of drug-likeness (QED) is 0.169. The van der Waals surface area contributed by atoms with Gasteiger partial charge in [-0.05, 0) is 46.8 Å².